The smallest absolute Gasteiger partial charge is 0.243 e. The van der Waals surface area contributed by atoms with Gasteiger partial charge in [-0.25, -0.2) is 8.42 Å². The number of nitrogens with zero attached hydrogens (tertiary/aromatic N) is 1. The van der Waals surface area contributed by atoms with Gasteiger partial charge in [-0.05, 0) is 50.5 Å². The van der Waals surface area contributed by atoms with Crippen LogP contribution in [0.4, 0.5) is 5.69 Å². The molecular weight excluding hydrogens is 376 g/mol. The van der Waals surface area contributed by atoms with Gasteiger partial charge < -0.3 is 10.1 Å². The van der Waals surface area contributed by atoms with Gasteiger partial charge in [0.1, 0.15) is 0 Å². The number of nitrogens with one attached hydrogen (secondary N) is 1. The van der Waals surface area contributed by atoms with E-state index in [1.54, 1.807) is 24.3 Å². The molecule has 1 saturated carbocycles. The van der Waals surface area contributed by atoms with Crippen molar-refractivity contribution < 1.29 is 17.9 Å². The van der Waals surface area contributed by atoms with Gasteiger partial charge >= 0.3 is 0 Å². The quantitative estimate of drug-likeness (QED) is 0.777. The highest BCUT2D eigenvalue weighted by Crippen LogP contribution is 2.27. The largest absolute Gasteiger partial charge is 0.373 e. The number of sulfonamides is 1. The number of hydrogen-bond donors (Lipinski definition) is 1. The third-order valence-electron chi connectivity index (χ3n) is 5.67. The number of ether oxygens (including phenoxy) is 1. The second-order valence-corrected chi connectivity index (χ2v) is 10.1. The SMILES string of the molecule is C[C@H]1CN(S(=O)(=O)c2ccc(NC(=O)CCC3CCCCC3)cc2)C[C@H](C)O1. The van der Waals surface area contributed by atoms with Crippen molar-refractivity contribution in [2.24, 2.45) is 5.92 Å². The van der Waals surface area contributed by atoms with Gasteiger partial charge in [-0.3, -0.25) is 4.79 Å². The summed E-state index contributed by atoms with van der Waals surface area (Å²) in [6, 6.07) is 6.46. The molecule has 1 saturated heterocycles. The van der Waals surface area contributed by atoms with E-state index < -0.39 is 10.0 Å². The summed E-state index contributed by atoms with van der Waals surface area (Å²) in [6.45, 7) is 4.47. The van der Waals surface area contributed by atoms with Crippen LogP contribution in [0.2, 0.25) is 0 Å². The molecule has 2 aliphatic rings. The third-order valence-corrected chi connectivity index (χ3v) is 7.51. The van der Waals surface area contributed by atoms with Gasteiger partial charge in [0.15, 0.2) is 0 Å². The highest BCUT2D eigenvalue weighted by molar-refractivity contribution is 7.89. The highest BCUT2D eigenvalue weighted by atomic mass is 32.2. The van der Waals surface area contributed by atoms with Crippen LogP contribution in [0.3, 0.4) is 0 Å². The number of hydrogen-bond acceptors (Lipinski definition) is 4. The molecule has 1 aromatic carbocycles. The summed E-state index contributed by atoms with van der Waals surface area (Å²) in [4.78, 5) is 12.4. The zero-order valence-corrected chi connectivity index (χ0v) is 17.7. The Balaban J connectivity index is 1.55. The second kappa shape index (κ2) is 9.37. The molecule has 7 heteroatoms. The summed E-state index contributed by atoms with van der Waals surface area (Å²) >= 11 is 0. The van der Waals surface area contributed by atoms with E-state index in [0.29, 0.717) is 31.1 Å². The van der Waals surface area contributed by atoms with Crippen molar-refractivity contribution in [3.8, 4) is 0 Å². The van der Waals surface area contributed by atoms with Gasteiger partial charge in [0, 0.05) is 25.2 Å². The maximum atomic E-state index is 12.9. The average Bonchev–Trinajstić information content (AvgIpc) is 2.67. The molecule has 1 N–H and O–H groups in total. The number of carbonyl (C=O) groups excluding carboxylic acids is 1. The lowest BCUT2D eigenvalue weighted by Gasteiger charge is -2.34. The number of morpholine rings is 1. The summed E-state index contributed by atoms with van der Waals surface area (Å²) in [6.07, 6.45) is 7.56. The molecule has 1 aliphatic carbocycles. The zero-order valence-electron chi connectivity index (χ0n) is 16.9. The molecule has 1 amide bonds. The molecule has 0 spiro atoms. The van der Waals surface area contributed by atoms with E-state index in [0.717, 1.165) is 6.42 Å². The molecule has 1 aliphatic heterocycles. The van der Waals surface area contributed by atoms with Gasteiger partial charge in [-0.2, -0.15) is 4.31 Å². The number of carbonyl (C=O) groups is 1. The summed E-state index contributed by atoms with van der Waals surface area (Å²) in [5.74, 6) is 0.669. The van der Waals surface area contributed by atoms with Crippen molar-refractivity contribution in [2.45, 2.75) is 75.9 Å². The summed E-state index contributed by atoms with van der Waals surface area (Å²) in [7, 11) is -3.56. The molecule has 28 heavy (non-hydrogen) atoms. The fraction of sp³-hybridized carbons (Fsp3) is 0.667. The third kappa shape index (κ3) is 5.55. The zero-order chi connectivity index (χ0) is 20.1. The molecule has 2 fully saturated rings. The van der Waals surface area contributed by atoms with Crippen LogP contribution in [0.15, 0.2) is 29.2 Å². The van der Waals surface area contributed by atoms with Gasteiger partial charge in [0.05, 0.1) is 17.1 Å². The number of anilines is 1. The molecule has 156 valence electrons. The molecule has 1 aromatic rings. The minimum atomic E-state index is -3.56. The summed E-state index contributed by atoms with van der Waals surface area (Å²) < 4.78 is 32.8. The number of rotatable bonds is 6. The normalized spacial score (nSPS) is 24.8. The highest BCUT2D eigenvalue weighted by Gasteiger charge is 2.32. The van der Waals surface area contributed by atoms with Crippen LogP contribution in [0.5, 0.6) is 0 Å². The van der Waals surface area contributed by atoms with E-state index >= 15 is 0 Å². The topological polar surface area (TPSA) is 75.7 Å². The lowest BCUT2D eigenvalue weighted by atomic mass is 9.86. The Morgan fingerprint density at radius 1 is 1.07 bits per heavy atom. The lowest BCUT2D eigenvalue weighted by molar-refractivity contribution is -0.116. The minimum Gasteiger partial charge on any atom is -0.373 e. The second-order valence-electron chi connectivity index (χ2n) is 8.19. The van der Waals surface area contributed by atoms with E-state index in [4.69, 9.17) is 4.74 Å². The molecular formula is C21H32N2O4S. The lowest BCUT2D eigenvalue weighted by Crippen LogP contribution is -2.48. The van der Waals surface area contributed by atoms with Crippen molar-refractivity contribution in [1.29, 1.82) is 0 Å². The molecule has 0 unspecified atom stereocenters. The molecule has 6 nitrogen and oxygen atoms in total. The summed E-state index contributed by atoms with van der Waals surface area (Å²) in [5.41, 5.74) is 0.635. The number of amides is 1. The van der Waals surface area contributed by atoms with Crippen LogP contribution in [0.1, 0.15) is 58.8 Å². The van der Waals surface area contributed by atoms with E-state index in [1.807, 2.05) is 13.8 Å². The van der Waals surface area contributed by atoms with Crippen LogP contribution >= 0.6 is 0 Å². The minimum absolute atomic E-state index is 0.00277. The molecule has 0 bridgehead atoms. The van der Waals surface area contributed by atoms with Crippen LogP contribution in [-0.4, -0.2) is 43.9 Å². The first kappa shape index (κ1) is 21.3. The Labute approximate surface area is 168 Å². The van der Waals surface area contributed by atoms with Crippen molar-refractivity contribution in [1.82, 2.24) is 4.31 Å². The molecule has 1 heterocycles. The van der Waals surface area contributed by atoms with Crippen LogP contribution in [0, 0.1) is 5.92 Å². The van der Waals surface area contributed by atoms with E-state index in [-0.39, 0.29) is 23.0 Å². The van der Waals surface area contributed by atoms with Gasteiger partial charge in [0.25, 0.3) is 0 Å². The maximum Gasteiger partial charge on any atom is 0.243 e. The van der Waals surface area contributed by atoms with E-state index in [1.165, 1.54) is 36.4 Å². The van der Waals surface area contributed by atoms with Crippen molar-refractivity contribution >= 4 is 21.6 Å². The Morgan fingerprint density at radius 2 is 1.68 bits per heavy atom. The van der Waals surface area contributed by atoms with Gasteiger partial charge in [-0.15, -0.1) is 0 Å². The monoisotopic (exact) mass is 408 g/mol. The average molecular weight is 409 g/mol. The van der Waals surface area contributed by atoms with E-state index in [2.05, 4.69) is 5.32 Å². The molecule has 0 radical (unpaired) electrons. The van der Waals surface area contributed by atoms with Crippen LogP contribution in [0.25, 0.3) is 0 Å². The Morgan fingerprint density at radius 3 is 2.29 bits per heavy atom. The summed E-state index contributed by atoms with van der Waals surface area (Å²) in [5, 5.41) is 2.89. The first-order chi connectivity index (χ1) is 13.3. The predicted molar refractivity (Wildman–Crippen MR) is 110 cm³/mol. The Kier molecular flexibility index (Phi) is 7.12. The molecule has 0 aromatic heterocycles. The Bertz CT molecular complexity index is 747. The number of benzene rings is 1. The van der Waals surface area contributed by atoms with Crippen LogP contribution < -0.4 is 5.32 Å². The first-order valence-corrected chi connectivity index (χ1v) is 11.8. The van der Waals surface area contributed by atoms with Crippen molar-refractivity contribution in [2.75, 3.05) is 18.4 Å². The van der Waals surface area contributed by atoms with Gasteiger partial charge in [0.2, 0.25) is 15.9 Å². The molecule has 3 rings (SSSR count). The fourth-order valence-electron chi connectivity index (χ4n) is 4.22. The van der Waals surface area contributed by atoms with E-state index in [9.17, 15) is 13.2 Å². The maximum absolute atomic E-state index is 12.9. The molecule has 2 atom stereocenters. The standard InChI is InChI=1S/C21H32N2O4S/c1-16-14-23(15-17(2)27-16)28(25,26)20-11-9-19(10-12-20)22-21(24)13-8-18-6-4-3-5-7-18/h9-12,16-18H,3-8,13-15H2,1-2H3,(H,22,24)/t16-,17-/m0/s1. The van der Waals surface area contributed by atoms with Gasteiger partial charge in [-0.1, -0.05) is 32.1 Å². The van der Waals surface area contributed by atoms with Crippen LogP contribution in [-0.2, 0) is 19.6 Å². The first-order valence-electron chi connectivity index (χ1n) is 10.4. The Hall–Kier alpha value is -1.44. The van der Waals surface area contributed by atoms with Crippen molar-refractivity contribution in [3.63, 3.8) is 0 Å². The van der Waals surface area contributed by atoms with Crippen molar-refractivity contribution in [3.05, 3.63) is 24.3 Å². The fourth-order valence-corrected chi connectivity index (χ4v) is 5.81. The predicted octanol–water partition coefficient (Wildman–Crippen LogP) is 3.78.